The predicted octanol–water partition coefficient (Wildman–Crippen LogP) is 4.53. The van der Waals surface area contributed by atoms with Gasteiger partial charge in [0.25, 0.3) is 5.91 Å². The van der Waals surface area contributed by atoms with Crippen LogP contribution < -0.4 is 10.7 Å². The second kappa shape index (κ2) is 8.12. The van der Waals surface area contributed by atoms with E-state index in [4.69, 9.17) is 0 Å². The number of hydrogen-bond donors (Lipinski definition) is 1. The molecule has 2 aromatic carbocycles. The number of aromatic nitrogens is 2. The SMILES string of the molecule is CSc1ccccc1NC(=O)c1nn(-c2cccc(C(F)(F)F)c2)c(C)cc1=O. The van der Waals surface area contributed by atoms with Crippen molar-refractivity contribution < 1.29 is 18.0 Å². The number of nitrogens with one attached hydrogen (secondary N) is 1. The second-order valence-electron chi connectivity index (χ2n) is 6.11. The van der Waals surface area contributed by atoms with Crippen molar-refractivity contribution in [3.05, 3.63) is 81.8 Å². The van der Waals surface area contributed by atoms with Crippen molar-refractivity contribution in [2.75, 3.05) is 11.6 Å². The van der Waals surface area contributed by atoms with Crippen LogP contribution in [0.4, 0.5) is 18.9 Å². The van der Waals surface area contributed by atoms with Gasteiger partial charge >= 0.3 is 6.18 Å². The van der Waals surface area contributed by atoms with Crippen LogP contribution in [0.25, 0.3) is 5.69 Å². The fourth-order valence-electron chi connectivity index (χ4n) is 2.71. The van der Waals surface area contributed by atoms with Crippen molar-refractivity contribution in [1.29, 1.82) is 0 Å². The zero-order valence-electron chi connectivity index (χ0n) is 15.4. The molecule has 0 fully saturated rings. The minimum absolute atomic E-state index is 0.0934. The summed E-state index contributed by atoms with van der Waals surface area (Å²) < 4.78 is 40.2. The number of nitrogens with zero attached hydrogens (tertiary/aromatic N) is 2. The van der Waals surface area contributed by atoms with Gasteiger partial charge in [0.15, 0.2) is 5.69 Å². The molecule has 0 spiro atoms. The van der Waals surface area contributed by atoms with Gasteiger partial charge in [0.05, 0.1) is 16.9 Å². The molecule has 9 heteroatoms. The topological polar surface area (TPSA) is 64.0 Å². The van der Waals surface area contributed by atoms with E-state index in [0.717, 1.165) is 21.7 Å². The van der Waals surface area contributed by atoms with Crippen molar-refractivity contribution in [3.63, 3.8) is 0 Å². The minimum Gasteiger partial charge on any atom is -0.319 e. The molecule has 0 saturated carbocycles. The molecular formula is C20H16F3N3O2S. The molecule has 1 N–H and O–H groups in total. The molecule has 5 nitrogen and oxygen atoms in total. The van der Waals surface area contributed by atoms with Crippen LogP contribution in [0.1, 0.15) is 21.7 Å². The van der Waals surface area contributed by atoms with Gasteiger partial charge in [-0.2, -0.15) is 18.3 Å². The number of carbonyl (C=O) groups is 1. The van der Waals surface area contributed by atoms with Gasteiger partial charge in [-0.3, -0.25) is 9.59 Å². The maximum absolute atomic E-state index is 13.0. The Labute approximate surface area is 168 Å². The highest BCUT2D eigenvalue weighted by Gasteiger charge is 2.30. The maximum Gasteiger partial charge on any atom is 0.416 e. The number of amides is 1. The monoisotopic (exact) mass is 419 g/mol. The Morgan fingerprint density at radius 2 is 1.83 bits per heavy atom. The molecule has 29 heavy (non-hydrogen) atoms. The van der Waals surface area contributed by atoms with E-state index < -0.39 is 28.8 Å². The summed E-state index contributed by atoms with van der Waals surface area (Å²) in [5, 5.41) is 6.67. The normalized spacial score (nSPS) is 11.3. The van der Waals surface area contributed by atoms with E-state index in [9.17, 15) is 22.8 Å². The molecule has 3 aromatic rings. The van der Waals surface area contributed by atoms with Crippen molar-refractivity contribution >= 4 is 23.4 Å². The van der Waals surface area contributed by atoms with E-state index in [1.165, 1.54) is 36.9 Å². The smallest absolute Gasteiger partial charge is 0.319 e. The minimum atomic E-state index is -4.52. The highest BCUT2D eigenvalue weighted by Crippen LogP contribution is 2.30. The highest BCUT2D eigenvalue weighted by molar-refractivity contribution is 7.98. The van der Waals surface area contributed by atoms with Crippen LogP contribution in [-0.4, -0.2) is 21.9 Å². The van der Waals surface area contributed by atoms with Crippen LogP contribution in [0.15, 0.2) is 64.3 Å². The number of para-hydroxylation sites is 1. The van der Waals surface area contributed by atoms with Crippen LogP contribution in [-0.2, 0) is 6.18 Å². The maximum atomic E-state index is 13.0. The molecule has 0 aliphatic rings. The van der Waals surface area contributed by atoms with Crippen LogP contribution in [0, 0.1) is 6.92 Å². The van der Waals surface area contributed by atoms with Crippen LogP contribution in [0.3, 0.4) is 0 Å². The van der Waals surface area contributed by atoms with E-state index >= 15 is 0 Å². The molecule has 1 aromatic heterocycles. The van der Waals surface area contributed by atoms with Crippen molar-refractivity contribution in [1.82, 2.24) is 9.78 Å². The third-order valence-corrected chi connectivity index (χ3v) is 4.89. The fourth-order valence-corrected chi connectivity index (χ4v) is 3.26. The fraction of sp³-hybridized carbons (Fsp3) is 0.150. The molecule has 0 unspecified atom stereocenters. The number of alkyl halides is 3. The summed E-state index contributed by atoms with van der Waals surface area (Å²) in [4.78, 5) is 25.8. The first-order chi connectivity index (χ1) is 13.7. The van der Waals surface area contributed by atoms with Gasteiger partial charge in [0.2, 0.25) is 5.43 Å². The van der Waals surface area contributed by atoms with Gasteiger partial charge in [0.1, 0.15) is 0 Å². The van der Waals surface area contributed by atoms with Crippen molar-refractivity contribution in [3.8, 4) is 5.69 Å². The van der Waals surface area contributed by atoms with Crippen molar-refractivity contribution in [2.45, 2.75) is 18.0 Å². The molecule has 1 heterocycles. The van der Waals surface area contributed by atoms with E-state index in [1.54, 1.807) is 12.1 Å². The predicted molar refractivity (Wildman–Crippen MR) is 106 cm³/mol. The average Bonchev–Trinajstić information content (AvgIpc) is 2.68. The lowest BCUT2D eigenvalue weighted by Crippen LogP contribution is -2.27. The lowest BCUT2D eigenvalue weighted by molar-refractivity contribution is -0.137. The highest BCUT2D eigenvalue weighted by atomic mass is 32.2. The Morgan fingerprint density at radius 3 is 2.52 bits per heavy atom. The molecule has 0 atom stereocenters. The van der Waals surface area contributed by atoms with Crippen LogP contribution in [0.2, 0.25) is 0 Å². The van der Waals surface area contributed by atoms with Gasteiger partial charge in [0, 0.05) is 16.7 Å². The number of hydrogen-bond acceptors (Lipinski definition) is 4. The molecule has 150 valence electrons. The number of aryl methyl sites for hydroxylation is 1. The van der Waals surface area contributed by atoms with Gasteiger partial charge in [-0.1, -0.05) is 18.2 Å². The molecule has 0 aliphatic heterocycles. The summed E-state index contributed by atoms with van der Waals surface area (Å²) in [6.45, 7) is 1.53. The van der Waals surface area contributed by atoms with Crippen LogP contribution >= 0.6 is 11.8 Å². The quantitative estimate of drug-likeness (QED) is 0.631. The lowest BCUT2D eigenvalue weighted by Gasteiger charge is -2.14. The molecule has 1 amide bonds. The molecule has 0 radical (unpaired) electrons. The average molecular weight is 419 g/mol. The zero-order valence-corrected chi connectivity index (χ0v) is 16.3. The van der Waals surface area contributed by atoms with E-state index in [1.807, 2.05) is 18.4 Å². The largest absolute Gasteiger partial charge is 0.416 e. The third kappa shape index (κ3) is 4.51. The first-order valence-electron chi connectivity index (χ1n) is 8.43. The first-order valence-corrected chi connectivity index (χ1v) is 9.66. The van der Waals surface area contributed by atoms with Gasteiger partial charge in [-0.05, 0) is 43.5 Å². The first kappa shape index (κ1) is 20.7. The van der Waals surface area contributed by atoms with Crippen LogP contribution in [0.5, 0.6) is 0 Å². The van der Waals surface area contributed by atoms with Gasteiger partial charge in [-0.15, -0.1) is 11.8 Å². The summed E-state index contributed by atoms with van der Waals surface area (Å²) in [5.41, 5.74) is -0.979. The Bertz CT molecular complexity index is 1130. The second-order valence-corrected chi connectivity index (χ2v) is 6.96. The Morgan fingerprint density at radius 1 is 1.10 bits per heavy atom. The molecule has 0 aliphatic carbocycles. The van der Waals surface area contributed by atoms with E-state index in [0.29, 0.717) is 11.4 Å². The Kier molecular flexibility index (Phi) is 5.78. The summed E-state index contributed by atoms with van der Waals surface area (Å²) >= 11 is 1.42. The lowest BCUT2D eigenvalue weighted by atomic mass is 10.2. The number of rotatable bonds is 4. The number of anilines is 1. The number of halogens is 3. The summed E-state index contributed by atoms with van der Waals surface area (Å²) in [6.07, 6.45) is -2.68. The van der Waals surface area contributed by atoms with Gasteiger partial charge in [-0.25, -0.2) is 4.68 Å². The standard InChI is InChI=1S/C20H16F3N3O2S/c1-12-10-16(27)18(19(28)24-15-8-3-4-9-17(15)29-2)25-26(12)14-7-5-6-13(11-14)20(21,22)23/h3-11H,1-2H3,(H,24,28). The van der Waals surface area contributed by atoms with E-state index in [2.05, 4.69) is 10.4 Å². The molecule has 0 saturated heterocycles. The number of benzene rings is 2. The van der Waals surface area contributed by atoms with Crippen molar-refractivity contribution in [2.24, 2.45) is 0 Å². The number of thioether (sulfide) groups is 1. The third-order valence-electron chi connectivity index (χ3n) is 4.10. The van der Waals surface area contributed by atoms with Gasteiger partial charge < -0.3 is 5.32 Å². The molecule has 0 bridgehead atoms. The summed E-state index contributed by atoms with van der Waals surface area (Å²) in [5.74, 6) is -0.739. The zero-order chi connectivity index (χ0) is 21.2. The Balaban J connectivity index is 2.02. The molecular weight excluding hydrogens is 403 g/mol. The number of carbonyl (C=O) groups excluding carboxylic acids is 1. The Hall–Kier alpha value is -3.07. The molecule has 3 rings (SSSR count). The summed E-state index contributed by atoms with van der Waals surface area (Å²) in [7, 11) is 0. The van der Waals surface area contributed by atoms with E-state index in [-0.39, 0.29) is 5.69 Å². The summed E-state index contributed by atoms with van der Waals surface area (Å²) in [6, 6.07) is 12.7.